The lowest BCUT2D eigenvalue weighted by Crippen LogP contribution is -2.56. The molecule has 3 N–H and O–H groups in total. The van der Waals surface area contributed by atoms with Crippen molar-refractivity contribution in [2.75, 3.05) is 26.2 Å². The Balaban J connectivity index is 0.00000138. The van der Waals surface area contributed by atoms with Gasteiger partial charge in [0.15, 0.2) is 0 Å². The molecule has 0 aromatic heterocycles. The van der Waals surface area contributed by atoms with Gasteiger partial charge in [-0.1, -0.05) is 92.6 Å². The lowest BCUT2D eigenvalue weighted by atomic mass is 9.83. The fourth-order valence-electron chi connectivity index (χ4n) is 7.53. The smallest absolute Gasteiger partial charge is 0.407 e. The van der Waals surface area contributed by atoms with Crippen LogP contribution >= 0.6 is 0 Å². The highest BCUT2D eigenvalue weighted by atomic mass is 16.4. The number of nitrogens with one attached hydrogen (secondary N) is 1. The number of carbonyl (C=O) groups excluding carboxylic acids is 2. The number of benzene rings is 2. The van der Waals surface area contributed by atoms with Crippen molar-refractivity contribution in [3.05, 3.63) is 82.9 Å². The first-order valence-corrected chi connectivity index (χ1v) is 19.0. The van der Waals surface area contributed by atoms with Gasteiger partial charge in [0.2, 0.25) is 11.8 Å². The van der Waals surface area contributed by atoms with E-state index in [1.165, 1.54) is 16.0 Å². The second-order valence-electron chi connectivity index (χ2n) is 16.4. The van der Waals surface area contributed by atoms with E-state index in [9.17, 15) is 24.6 Å². The first-order valence-electron chi connectivity index (χ1n) is 19.0. The van der Waals surface area contributed by atoms with Gasteiger partial charge in [-0.3, -0.25) is 14.5 Å². The van der Waals surface area contributed by atoms with E-state index in [2.05, 4.69) is 43.1 Å². The molecule has 1 saturated heterocycles. The standard InChI is InChI=1S/C38H52N4O5.C4H10/c1-38(2,3)39-35(44)34-22-29-16-10-11-17-31(29)24-41(34)25-33(43)26-42-32(20-27-12-6-4-7-13-27)21-30(36(42)45)18-19-40(37(46)47)23-28-14-8-5-9-15-28;1-4(2)3/h4-9,12-15,30,32-34,43H,10-11,16-26H2,1-3H3,(H,39,44)(H,46,47);4H,1-3H3. The van der Waals surface area contributed by atoms with Crippen molar-refractivity contribution in [2.24, 2.45) is 11.8 Å². The molecule has 2 aliphatic heterocycles. The van der Waals surface area contributed by atoms with Gasteiger partial charge in [0.1, 0.15) is 0 Å². The molecule has 1 fully saturated rings. The Bertz CT molecular complexity index is 1450. The van der Waals surface area contributed by atoms with Crippen molar-refractivity contribution >= 4 is 17.9 Å². The molecular formula is C42H62N4O5. The number of nitrogens with zero attached hydrogens (tertiary/aromatic N) is 3. The van der Waals surface area contributed by atoms with Crippen LogP contribution in [0, 0.1) is 11.8 Å². The third-order valence-corrected chi connectivity index (χ3v) is 9.81. The molecule has 0 radical (unpaired) electrons. The van der Waals surface area contributed by atoms with Gasteiger partial charge in [0.25, 0.3) is 0 Å². The van der Waals surface area contributed by atoms with Crippen LogP contribution in [0.4, 0.5) is 4.79 Å². The molecule has 3 amide bonds. The maximum Gasteiger partial charge on any atom is 0.407 e. The topological polar surface area (TPSA) is 113 Å². The number of carbonyl (C=O) groups is 3. The molecule has 280 valence electrons. The van der Waals surface area contributed by atoms with E-state index in [0.717, 1.165) is 42.7 Å². The van der Waals surface area contributed by atoms with Gasteiger partial charge in [-0.15, -0.1) is 0 Å². The Morgan fingerprint density at radius 2 is 1.51 bits per heavy atom. The van der Waals surface area contributed by atoms with E-state index in [4.69, 9.17) is 0 Å². The summed E-state index contributed by atoms with van der Waals surface area (Å²) in [5.74, 6) is 0.455. The van der Waals surface area contributed by atoms with E-state index < -0.39 is 12.2 Å². The molecule has 0 saturated carbocycles. The van der Waals surface area contributed by atoms with E-state index in [-0.39, 0.29) is 55.0 Å². The predicted octanol–water partition coefficient (Wildman–Crippen LogP) is 6.90. The van der Waals surface area contributed by atoms with E-state index in [1.54, 1.807) is 0 Å². The second-order valence-corrected chi connectivity index (χ2v) is 16.4. The number of β-amino-alcohol motifs (C(OH)–C–C–N with tert-alkyl or cyclic N) is 1. The number of rotatable bonds is 12. The minimum absolute atomic E-state index is 0.0143. The number of likely N-dealkylation sites (tertiary alicyclic amines) is 1. The van der Waals surface area contributed by atoms with Crippen LogP contribution in [-0.2, 0) is 22.6 Å². The molecule has 4 unspecified atom stereocenters. The largest absolute Gasteiger partial charge is 0.465 e. The molecule has 1 aliphatic carbocycles. The van der Waals surface area contributed by atoms with Gasteiger partial charge in [-0.2, -0.15) is 0 Å². The lowest BCUT2D eigenvalue weighted by molar-refractivity contribution is -0.134. The summed E-state index contributed by atoms with van der Waals surface area (Å²) in [5, 5.41) is 24.6. The Kier molecular flexibility index (Phi) is 14.7. The van der Waals surface area contributed by atoms with Crippen LogP contribution in [0.15, 0.2) is 71.8 Å². The monoisotopic (exact) mass is 702 g/mol. The Morgan fingerprint density at radius 3 is 2.10 bits per heavy atom. The molecule has 2 aromatic carbocycles. The minimum atomic E-state index is -1.00. The third-order valence-electron chi connectivity index (χ3n) is 9.81. The van der Waals surface area contributed by atoms with Gasteiger partial charge in [-0.05, 0) is 89.2 Å². The number of amides is 3. The van der Waals surface area contributed by atoms with Crippen LogP contribution in [-0.4, -0.2) is 92.7 Å². The van der Waals surface area contributed by atoms with E-state index in [0.29, 0.717) is 38.8 Å². The van der Waals surface area contributed by atoms with Gasteiger partial charge in [0, 0.05) is 50.2 Å². The van der Waals surface area contributed by atoms with Crippen molar-refractivity contribution in [3.63, 3.8) is 0 Å². The number of aliphatic hydroxyl groups is 1. The lowest BCUT2D eigenvalue weighted by Gasteiger charge is -2.41. The maximum absolute atomic E-state index is 14.0. The zero-order valence-corrected chi connectivity index (χ0v) is 31.8. The van der Waals surface area contributed by atoms with Crippen LogP contribution in [0.25, 0.3) is 0 Å². The average molecular weight is 703 g/mol. The Labute approximate surface area is 306 Å². The summed E-state index contributed by atoms with van der Waals surface area (Å²) >= 11 is 0. The second kappa shape index (κ2) is 18.7. The Morgan fingerprint density at radius 1 is 0.922 bits per heavy atom. The zero-order chi connectivity index (χ0) is 37.1. The van der Waals surface area contributed by atoms with Crippen molar-refractivity contribution in [1.82, 2.24) is 20.0 Å². The summed E-state index contributed by atoms with van der Waals surface area (Å²) < 4.78 is 0. The van der Waals surface area contributed by atoms with Gasteiger partial charge < -0.3 is 25.3 Å². The third kappa shape index (κ3) is 12.5. The molecular weight excluding hydrogens is 640 g/mol. The van der Waals surface area contributed by atoms with Gasteiger partial charge in [-0.25, -0.2) is 4.79 Å². The normalized spacial score (nSPS) is 21.5. The summed E-state index contributed by atoms with van der Waals surface area (Å²) in [7, 11) is 0. The molecule has 2 aromatic rings. The van der Waals surface area contributed by atoms with Crippen molar-refractivity contribution in [2.45, 2.75) is 123 Å². The number of carboxylic acid groups (broad SMARTS) is 1. The molecule has 2 heterocycles. The molecule has 5 rings (SSSR count). The molecule has 0 bridgehead atoms. The summed E-state index contributed by atoms with van der Waals surface area (Å²) in [5.41, 5.74) is 4.47. The number of hydrogen-bond acceptors (Lipinski definition) is 5. The van der Waals surface area contributed by atoms with E-state index >= 15 is 0 Å². The molecule has 51 heavy (non-hydrogen) atoms. The SMILES string of the molecule is CC(C)(C)NC(=O)C1CC2=C(CCCC2)CN1CC(O)CN1C(=O)C(CCN(Cc2ccccc2)C(=O)O)CC1Cc1ccccc1.CC(C)C. The molecule has 9 nitrogen and oxygen atoms in total. The molecule has 3 aliphatic rings. The average Bonchev–Trinajstić information content (AvgIpc) is 3.35. The van der Waals surface area contributed by atoms with Crippen LogP contribution in [0.1, 0.15) is 97.6 Å². The van der Waals surface area contributed by atoms with Crippen molar-refractivity contribution in [1.29, 1.82) is 0 Å². The molecule has 9 heteroatoms. The van der Waals surface area contributed by atoms with Crippen LogP contribution in [0.5, 0.6) is 0 Å². The fraction of sp³-hybridized carbons (Fsp3) is 0.595. The quantitative estimate of drug-likeness (QED) is 0.208. The van der Waals surface area contributed by atoms with Crippen LogP contribution in [0.3, 0.4) is 0 Å². The fourth-order valence-corrected chi connectivity index (χ4v) is 7.53. The van der Waals surface area contributed by atoms with Crippen LogP contribution < -0.4 is 5.32 Å². The number of aliphatic hydroxyl groups excluding tert-OH is 1. The van der Waals surface area contributed by atoms with Crippen molar-refractivity contribution < 1.29 is 24.6 Å². The van der Waals surface area contributed by atoms with Crippen LogP contribution in [0.2, 0.25) is 0 Å². The van der Waals surface area contributed by atoms with Gasteiger partial charge in [0.05, 0.1) is 12.1 Å². The zero-order valence-electron chi connectivity index (χ0n) is 31.8. The maximum atomic E-state index is 14.0. The summed E-state index contributed by atoms with van der Waals surface area (Å²) in [6, 6.07) is 19.1. The minimum Gasteiger partial charge on any atom is -0.465 e. The summed E-state index contributed by atoms with van der Waals surface area (Å²) in [4.78, 5) is 44.9. The number of hydrogen-bond donors (Lipinski definition) is 3. The Hall–Kier alpha value is -3.69. The summed E-state index contributed by atoms with van der Waals surface area (Å²) in [6.07, 6.45) is 4.95. The highest BCUT2D eigenvalue weighted by molar-refractivity contribution is 5.83. The first-order chi connectivity index (χ1) is 24.2. The molecule has 4 atom stereocenters. The van der Waals surface area contributed by atoms with E-state index in [1.807, 2.05) is 74.2 Å². The van der Waals surface area contributed by atoms with Gasteiger partial charge >= 0.3 is 6.09 Å². The summed E-state index contributed by atoms with van der Waals surface area (Å²) in [6.45, 7) is 14.1. The van der Waals surface area contributed by atoms with Crippen molar-refractivity contribution in [3.8, 4) is 0 Å². The highest BCUT2D eigenvalue weighted by Gasteiger charge is 2.41. The highest BCUT2D eigenvalue weighted by Crippen LogP contribution is 2.35. The molecule has 0 spiro atoms. The first kappa shape index (κ1) is 40.1. The predicted molar refractivity (Wildman–Crippen MR) is 203 cm³/mol.